The molecular formula is C19H25N3O2. The Kier molecular flexibility index (Phi) is 5.44. The van der Waals surface area contributed by atoms with E-state index < -0.39 is 0 Å². The smallest absolute Gasteiger partial charge is 0.272 e. The Morgan fingerprint density at radius 1 is 1.08 bits per heavy atom. The minimum absolute atomic E-state index is 0.0381. The molecule has 0 aliphatic carbocycles. The summed E-state index contributed by atoms with van der Waals surface area (Å²) in [4.78, 5) is 29.4. The van der Waals surface area contributed by atoms with Gasteiger partial charge in [0.05, 0.1) is 0 Å². The number of aryl methyl sites for hydroxylation is 1. The molecule has 1 heterocycles. The van der Waals surface area contributed by atoms with Crippen LogP contribution in [-0.4, -0.2) is 29.8 Å². The Hall–Kier alpha value is -2.56. The van der Waals surface area contributed by atoms with E-state index in [1.807, 2.05) is 24.3 Å². The first-order valence-electron chi connectivity index (χ1n) is 8.25. The topological polar surface area (TPSA) is 65.2 Å². The van der Waals surface area contributed by atoms with Crippen molar-refractivity contribution in [1.82, 2.24) is 4.98 Å². The average Bonchev–Trinajstić information content (AvgIpc) is 2.85. The lowest BCUT2D eigenvalue weighted by Crippen LogP contribution is -2.21. The van der Waals surface area contributed by atoms with Crippen molar-refractivity contribution in [2.75, 3.05) is 23.3 Å². The molecule has 0 spiro atoms. The molecule has 1 amide bonds. The molecule has 1 aromatic carbocycles. The number of nitrogens with zero attached hydrogens (tertiary/aromatic N) is 1. The minimum atomic E-state index is -0.237. The van der Waals surface area contributed by atoms with Gasteiger partial charge in [0.1, 0.15) is 5.69 Å². The number of anilines is 2. The number of ketones is 1. The van der Waals surface area contributed by atoms with E-state index in [2.05, 4.69) is 29.0 Å². The third-order valence-corrected chi connectivity index (χ3v) is 4.27. The molecule has 5 nitrogen and oxygen atoms in total. The van der Waals surface area contributed by atoms with Gasteiger partial charge in [0, 0.05) is 35.7 Å². The van der Waals surface area contributed by atoms with E-state index in [9.17, 15) is 9.59 Å². The summed E-state index contributed by atoms with van der Waals surface area (Å²) in [6.45, 7) is 11.2. The highest BCUT2D eigenvalue weighted by Gasteiger charge is 2.19. The molecule has 0 bridgehead atoms. The fourth-order valence-corrected chi connectivity index (χ4v) is 3.04. The first-order chi connectivity index (χ1) is 11.4. The van der Waals surface area contributed by atoms with E-state index in [0.29, 0.717) is 16.8 Å². The molecule has 2 rings (SSSR count). The highest BCUT2D eigenvalue weighted by molar-refractivity contribution is 6.07. The van der Waals surface area contributed by atoms with E-state index in [1.165, 1.54) is 6.92 Å². The van der Waals surface area contributed by atoms with Gasteiger partial charge < -0.3 is 15.2 Å². The van der Waals surface area contributed by atoms with Crippen LogP contribution in [0.1, 0.15) is 52.9 Å². The van der Waals surface area contributed by atoms with Crippen molar-refractivity contribution in [1.29, 1.82) is 0 Å². The summed E-state index contributed by atoms with van der Waals surface area (Å²) in [5, 5.41) is 2.88. The van der Waals surface area contributed by atoms with Crippen LogP contribution in [0.3, 0.4) is 0 Å². The van der Waals surface area contributed by atoms with Gasteiger partial charge in [-0.3, -0.25) is 9.59 Å². The van der Waals surface area contributed by atoms with E-state index in [-0.39, 0.29) is 11.7 Å². The van der Waals surface area contributed by atoms with Crippen molar-refractivity contribution in [2.45, 2.75) is 34.6 Å². The lowest BCUT2D eigenvalue weighted by atomic mass is 10.1. The summed E-state index contributed by atoms with van der Waals surface area (Å²) >= 11 is 0. The molecule has 2 N–H and O–H groups in total. The molecular weight excluding hydrogens is 302 g/mol. The summed E-state index contributed by atoms with van der Waals surface area (Å²) in [5.41, 5.74) is 4.30. The maximum absolute atomic E-state index is 12.5. The Bertz CT molecular complexity index is 741. The van der Waals surface area contributed by atoms with E-state index in [4.69, 9.17) is 0 Å². The zero-order chi connectivity index (χ0) is 17.9. The normalized spacial score (nSPS) is 10.5. The van der Waals surface area contributed by atoms with E-state index in [1.54, 1.807) is 13.8 Å². The number of H-pyrrole nitrogens is 1. The van der Waals surface area contributed by atoms with Crippen LogP contribution in [0.15, 0.2) is 24.3 Å². The SMILES string of the molecule is CCN(CC)c1ccc(NC(=O)c2[nH]c(C)c(C(C)=O)c2C)cc1. The molecule has 0 atom stereocenters. The van der Waals surface area contributed by atoms with Gasteiger partial charge in [-0.2, -0.15) is 0 Å². The Morgan fingerprint density at radius 2 is 1.67 bits per heavy atom. The number of aromatic nitrogens is 1. The van der Waals surface area contributed by atoms with Crippen LogP contribution in [0, 0.1) is 13.8 Å². The van der Waals surface area contributed by atoms with Crippen molar-refractivity contribution in [2.24, 2.45) is 0 Å². The fourth-order valence-electron chi connectivity index (χ4n) is 3.04. The quantitative estimate of drug-likeness (QED) is 0.790. The van der Waals surface area contributed by atoms with Crippen LogP contribution in [0.4, 0.5) is 11.4 Å². The second kappa shape index (κ2) is 7.34. The van der Waals surface area contributed by atoms with Crippen LogP contribution in [0.25, 0.3) is 0 Å². The Balaban J connectivity index is 2.18. The molecule has 2 aromatic rings. The van der Waals surface area contributed by atoms with E-state index in [0.717, 1.165) is 30.2 Å². The molecule has 0 aliphatic heterocycles. The monoisotopic (exact) mass is 327 g/mol. The zero-order valence-corrected chi connectivity index (χ0v) is 15.0. The summed E-state index contributed by atoms with van der Waals surface area (Å²) in [6, 6.07) is 7.78. The van der Waals surface area contributed by atoms with Crippen LogP contribution in [-0.2, 0) is 0 Å². The van der Waals surface area contributed by atoms with Gasteiger partial charge in [0.15, 0.2) is 5.78 Å². The number of hydrogen-bond acceptors (Lipinski definition) is 3. The number of carbonyl (C=O) groups excluding carboxylic acids is 2. The van der Waals surface area contributed by atoms with E-state index >= 15 is 0 Å². The number of nitrogens with one attached hydrogen (secondary N) is 2. The van der Waals surface area contributed by atoms with Gasteiger partial charge in [0.2, 0.25) is 0 Å². The van der Waals surface area contributed by atoms with Gasteiger partial charge >= 0.3 is 0 Å². The number of aromatic amines is 1. The summed E-state index contributed by atoms with van der Waals surface area (Å²) < 4.78 is 0. The maximum atomic E-state index is 12.5. The van der Waals surface area contributed by atoms with Crippen LogP contribution >= 0.6 is 0 Å². The van der Waals surface area contributed by atoms with Crippen LogP contribution in [0.2, 0.25) is 0 Å². The Morgan fingerprint density at radius 3 is 2.12 bits per heavy atom. The number of benzene rings is 1. The molecule has 24 heavy (non-hydrogen) atoms. The molecule has 1 aromatic heterocycles. The molecule has 0 saturated carbocycles. The third-order valence-electron chi connectivity index (χ3n) is 4.27. The second-order valence-electron chi connectivity index (χ2n) is 5.85. The first-order valence-corrected chi connectivity index (χ1v) is 8.25. The fraction of sp³-hybridized carbons (Fsp3) is 0.368. The Labute approximate surface area is 143 Å². The predicted octanol–water partition coefficient (Wildman–Crippen LogP) is 3.93. The average molecular weight is 327 g/mol. The number of carbonyl (C=O) groups is 2. The van der Waals surface area contributed by atoms with Gasteiger partial charge in [-0.1, -0.05) is 0 Å². The number of rotatable bonds is 6. The standard InChI is InChI=1S/C19H25N3O2/c1-6-22(7-2)16-10-8-15(9-11-16)21-19(24)18-12(3)17(14(5)23)13(4)20-18/h8-11,20H,6-7H2,1-5H3,(H,21,24). The van der Waals surface area contributed by atoms with Gasteiger partial charge in [-0.15, -0.1) is 0 Å². The summed E-state index contributed by atoms with van der Waals surface area (Å²) in [6.07, 6.45) is 0. The van der Waals surface area contributed by atoms with Crippen molar-refractivity contribution >= 4 is 23.1 Å². The molecule has 0 aliphatic rings. The number of Topliss-reactive ketones (excluding diaryl/α,β-unsaturated/α-hetero) is 1. The van der Waals surface area contributed by atoms with Crippen molar-refractivity contribution in [3.63, 3.8) is 0 Å². The second-order valence-corrected chi connectivity index (χ2v) is 5.85. The predicted molar refractivity (Wildman–Crippen MR) is 98.2 cm³/mol. The van der Waals surface area contributed by atoms with Gasteiger partial charge in [-0.05, 0) is 64.4 Å². The molecule has 0 fully saturated rings. The number of hydrogen-bond donors (Lipinski definition) is 2. The molecule has 5 heteroatoms. The van der Waals surface area contributed by atoms with Crippen LogP contribution in [0.5, 0.6) is 0 Å². The highest BCUT2D eigenvalue weighted by Crippen LogP contribution is 2.21. The molecule has 0 unspecified atom stereocenters. The third kappa shape index (κ3) is 3.50. The first kappa shape index (κ1) is 17.8. The molecule has 0 saturated heterocycles. The lowest BCUT2D eigenvalue weighted by molar-refractivity contribution is 0.101. The number of amides is 1. The highest BCUT2D eigenvalue weighted by atomic mass is 16.2. The van der Waals surface area contributed by atoms with Crippen LogP contribution < -0.4 is 10.2 Å². The minimum Gasteiger partial charge on any atom is -0.372 e. The zero-order valence-electron chi connectivity index (χ0n) is 15.0. The van der Waals surface area contributed by atoms with Crippen molar-refractivity contribution in [3.05, 3.63) is 46.8 Å². The lowest BCUT2D eigenvalue weighted by Gasteiger charge is -2.21. The van der Waals surface area contributed by atoms with Gasteiger partial charge in [0.25, 0.3) is 5.91 Å². The molecule has 0 radical (unpaired) electrons. The summed E-state index contributed by atoms with van der Waals surface area (Å²) in [7, 11) is 0. The largest absolute Gasteiger partial charge is 0.372 e. The molecule has 128 valence electrons. The van der Waals surface area contributed by atoms with Crippen molar-refractivity contribution in [3.8, 4) is 0 Å². The van der Waals surface area contributed by atoms with Gasteiger partial charge in [-0.25, -0.2) is 0 Å². The van der Waals surface area contributed by atoms with Crippen molar-refractivity contribution < 1.29 is 9.59 Å². The summed E-state index contributed by atoms with van der Waals surface area (Å²) in [5.74, 6) is -0.275. The maximum Gasteiger partial charge on any atom is 0.272 e.